The number of benzene rings is 3. The third-order valence-electron chi connectivity index (χ3n) is 11.0. The van der Waals surface area contributed by atoms with E-state index in [4.69, 9.17) is 0 Å². The van der Waals surface area contributed by atoms with Gasteiger partial charge in [-0.05, 0) is 71.2 Å². The van der Waals surface area contributed by atoms with Crippen molar-refractivity contribution in [2.24, 2.45) is 0 Å². The van der Waals surface area contributed by atoms with Crippen molar-refractivity contribution in [2.45, 2.75) is 53.5 Å². The van der Waals surface area contributed by atoms with Gasteiger partial charge in [-0.1, -0.05) is 44.0 Å². The van der Waals surface area contributed by atoms with E-state index in [1.165, 1.54) is 83.1 Å². The van der Waals surface area contributed by atoms with Gasteiger partial charge in [-0.15, -0.1) is 6.92 Å². The van der Waals surface area contributed by atoms with E-state index in [1.54, 1.807) is 0 Å². The quantitative estimate of drug-likeness (QED) is 0.126. The summed E-state index contributed by atoms with van der Waals surface area (Å²) in [6.07, 6.45) is 4.31. The number of anilines is 6. The summed E-state index contributed by atoms with van der Waals surface area (Å²) in [5.41, 5.74) is 15.5. The molecule has 3 aromatic carbocycles. The smallest absolute Gasteiger partial charge is 1.00 e. The fourth-order valence-corrected chi connectivity index (χ4v) is 16.5. The molecule has 0 radical (unpaired) electrons. The van der Waals surface area contributed by atoms with E-state index in [-0.39, 0.29) is 58.9 Å². The Bertz CT molecular complexity index is 1670. The van der Waals surface area contributed by atoms with Crippen LogP contribution in [0.25, 0.3) is 0 Å². The first-order valence-electron chi connectivity index (χ1n) is 17.4. The van der Waals surface area contributed by atoms with Crippen LogP contribution in [-0.4, -0.2) is 92.6 Å². The van der Waals surface area contributed by atoms with Crippen LogP contribution in [0, 0.1) is 26.8 Å². The van der Waals surface area contributed by atoms with Crippen LogP contribution in [0.15, 0.2) is 53.1 Å². The average Bonchev–Trinajstić information content (AvgIpc) is 3.19. The largest absolute Gasteiger partial charge is 4.00 e. The molecule has 0 N–H and O–H groups in total. The monoisotopic (exact) mass is 832 g/mol. The Morgan fingerprint density at radius 1 is 0.453 bits per heavy atom. The molecule has 4 rings (SSSR count). The van der Waals surface area contributed by atoms with E-state index in [9.17, 15) is 0 Å². The Labute approximate surface area is 357 Å². The van der Waals surface area contributed by atoms with Crippen LogP contribution in [0.5, 0.6) is 0 Å². The van der Waals surface area contributed by atoms with Gasteiger partial charge in [0.15, 0.2) is 8.07 Å². The Morgan fingerprint density at radius 3 is 0.906 bits per heavy atom. The maximum atomic E-state index is 4.31. The second-order valence-electron chi connectivity index (χ2n) is 15.6. The third kappa shape index (κ3) is 8.04. The Hall–Kier alpha value is -2.26. The fraction of sp³-hybridized carbons (Fsp3) is 0.476. The maximum absolute atomic E-state index is 4.31. The average molecular weight is 834 g/mol. The Balaban J connectivity index is 0.00000676. The summed E-state index contributed by atoms with van der Waals surface area (Å²) in [7, 11) is 23.2. The van der Waals surface area contributed by atoms with Gasteiger partial charge in [-0.25, -0.2) is 5.57 Å². The number of hydrogen-bond donors (Lipinski definition) is 0. The maximum Gasteiger partial charge on any atom is 4.00 e. The first-order chi connectivity index (χ1) is 22.7. The van der Waals surface area contributed by atoms with Crippen LogP contribution in [0.3, 0.4) is 0 Å². The summed E-state index contributed by atoms with van der Waals surface area (Å²) < 4.78 is 0. The molecule has 0 bridgehead atoms. The van der Waals surface area contributed by atoms with Gasteiger partial charge < -0.3 is 66.6 Å². The number of hydrogen-bond acceptors (Lipinski definition) is 6. The SMILES string of the molecule is CC1=[C-]C(C)([Si](c2c(N(C)C)ccc(C)c2N(C)C)(c2c(N(C)C)ccc(C)c2N(C)C)c2c(N(C)C)ccc(C)c2N(C)C)C(C)=C1C.[Cl-].[Cl-].[Cl-].[Ti+4]. The number of allylic oxidation sites excluding steroid dienone is 4. The molecule has 6 nitrogen and oxygen atoms in total. The molecule has 0 saturated carbocycles. The number of halogens is 3. The van der Waals surface area contributed by atoms with Gasteiger partial charge in [0.05, 0.1) is 0 Å². The molecule has 0 amide bonds. The first kappa shape index (κ1) is 50.7. The minimum Gasteiger partial charge on any atom is -1.00 e. The zero-order valence-corrected chi connectivity index (χ0v) is 40.6. The standard InChI is InChI=1S/C42H63N6Si.3ClH.Ti/c1-27-20-23-33(43(8)9)39(36(27)46(14)15)49(42(7)26-30(4)31(5)32(42)6,40-34(44(10)11)24-21-28(2)37(40)47(16)17)41-35(45(12)13)25-22-29(3)38(41)48(18)19;;;;/h20-25H,1-19H3;3*1H;/q-1;;;;+4/p-3. The van der Waals surface area contributed by atoms with E-state index in [1.807, 2.05) is 0 Å². The van der Waals surface area contributed by atoms with Crippen molar-refractivity contribution in [1.29, 1.82) is 0 Å². The van der Waals surface area contributed by atoms with Crippen molar-refractivity contribution >= 4 is 57.8 Å². The molecule has 0 fully saturated rings. The van der Waals surface area contributed by atoms with Gasteiger partial charge >= 0.3 is 21.7 Å². The molecule has 1 atom stereocenters. The van der Waals surface area contributed by atoms with Crippen LogP contribution in [0.4, 0.5) is 34.1 Å². The van der Waals surface area contributed by atoms with E-state index >= 15 is 0 Å². The van der Waals surface area contributed by atoms with Gasteiger partial charge in [-0.3, -0.25) is 6.08 Å². The molecule has 290 valence electrons. The molecule has 3 aromatic rings. The molecule has 1 aliphatic rings. The Kier molecular flexibility index (Phi) is 17.8. The Morgan fingerprint density at radius 2 is 0.717 bits per heavy atom. The predicted octanol–water partition coefficient (Wildman–Crippen LogP) is -2.65. The molecule has 0 aromatic heterocycles. The molecular weight excluding hydrogens is 771 g/mol. The van der Waals surface area contributed by atoms with Gasteiger partial charge in [-0.2, -0.15) is 11.1 Å². The van der Waals surface area contributed by atoms with Crippen molar-refractivity contribution in [1.82, 2.24) is 0 Å². The number of aryl methyl sites for hydroxylation is 3. The summed E-state index contributed by atoms with van der Waals surface area (Å²) >= 11 is 0. The number of rotatable bonds is 10. The molecule has 0 aliphatic heterocycles. The predicted molar refractivity (Wildman–Crippen MR) is 223 cm³/mol. The van der Waals surface area contributed by atoms with Gasteiger partial charge in [0.25, 0.3) is 0 Å². The molecule has 0 saturated heterocycles. The van der Waals surface area contributed by atoms with Crippen molar-refractivity contribution in [3.63, 3.8) is 0 Å². The summed E-state index contributed by atoms with van der Waals surface area (Å²) in [6.45, 7) is 16.4. The first-order valence-corrected chi connectivity index (χ1v) is 19.4. The molecule has 0 spiro atoms. The van der Waals surface area contributed by atoms with Crippen LogP contribution < -0.4 is 82.2 Å². The molecule has 53 heavy (non-hydrogen) atoms. The summed E-state index contributed by atoms with van der Waals surface area (Å²) in [6, 6.07) is 14.1. The topological polar surface area (TPSA) is 19.4 Å². The molecule has 1 aliphatic carbocycles. The van der Waals surface area contributed by atoms with Gasteiger partial charge in [0, 0.05) is 119 Å². The second kappa shape index (κ2) is 18.6. The van der Waals surface area contributed by atoms with Crippen molar-refractivity contribution in [3.05, 3.63) is 75.9 Å². The van der Waals surface area contributed by atoms with Crippen LogP contribution >= 0.6 is 0 Å². The summed E-state index contributed by atoms with van der Waals surface area (Å²) in [4.78, 5) is 14.2. The second-order valence-corrected chi connectivity index (χ2v) is 19.6. The van der Waals surface area contributed by atoms with Crippen LogP contribution in [0.1, 0.15) is 44.4 Å². The van der Waals surface area contributed by atoms with E-state index in [0.717, 1.165) is 0 Å². The van der Waals surface area contributed by atoms with Gasteiger partial charge in [0.2, 0.25) is 0 Å². The van der Waals surface area contributed by atoms with Crippen LogP contribution in [-0.2, 0) is 21.7 Å². The minimum atomic E-state index is -3.44. The van der Waals surface area contributed by atoms with Gasteiger partial charge in [0.1, 0.15) is 0 Å². The summed E-state index contributed by atoms with van der Waals surface area (Å²) in [5.74, 6) is 0. The normalized spacial score (nSPS) is 15.0. The summed E-state index contributed by atoms with van der Waals surface area (Å²) in [5, 5.41) is 3.80. The van der Waals surface area contributed by atoms with E-state index in [0.29, 0.717) is 0 Å². The molecular formula is C42H63Cl3N6SiTi. The van der Waals surface area contributed by atoms with Crippen molar-refractivity contribution in [2.75, 3.05) is 114 Å². The van der Waals surface area contributed by atoms with Crippen molar-refractivity contribution < 1.29 is 58.9 Å². The molecule has 11 heteroatoms. The fourth-order valence-electron chi connectivity index (χ4n) is 8.73. The zero-order valence-electron chi connectivity index (χ0n) is 35.8. The molecule has 0 heterocycles. The van der Waals surface area contributed by atoms with Crippen LogP contribution in [0.2, 0.25) is 5.04 Å². The number of nitrogens with zero attached hydrogens (tertiary/aromatic N) is 6. The third-order valence-corrected chi connectivity index (χ3v) is 16.8. The van der Waals surface area contributed by atoms with E-state index < -0.39 is 13.1 Å². The van der Waals surface area contributed by atoms with E-state index in [2.05, 4.69) is 205 Å². The molecule has 1 unspecified atom stereocenters. The zero-order chi connectivity index (χ0) is 37.1. The van der Waals surface area contributed by atoms with Crippen molar-refractivity contribution in [3.8, 4) is 0 Å². The minimum absolute atomic E-state index is 0.